The number of hydrogen-bond acceptors (Lipinski definition) is 5. The van der Waals surface area contributed by atoms with Crippen molar-refractivity contribution < 1.29 is 22.7 Å². The summed E-state index contributed by atoms with van der Waals surface area (Å²) in [5, 5.41) is 3.84. The summed E-state index contributed by atoms with van der Waals surface area (Å²) in [6, 6.07) is 18.4. The summed E-state index contributed by atoms with van der Waals surface area (Å²) in [4.78, 5) is 28.8. The van der Waals surface area contributed by atoms with E-state index in [-0.39, 0.29) is 23.0 Å². The Morgan fingerprint density at radius 3 is 2.02 bits per heavy atom. The zero-order valence-electron chi connectivity index (χ0n) is 24.1. The van der Waals surface area contributed by atoms with Crippen molar-refractivity contribution >= 4 is 50.7 Å². The molecule has 1 N–H and O–H groups in total. The van der Waals surface area contributed by atoms with Gasteiger partial charge < -0.3 is 15.0 Å². The van der Waals surface area contributed by atoms with Crippen molar-refractivity contribution in [3.63, 3.8) is 0 Å². The van der Waals surface area contributed by atoms with Crippen LogP contribution in [0.3, 0.4) is 0 Å². The third kappa shape index (κ3) is 8.86. The van der Waals surface area contributed by atoms with Crippen molar-refractivity contribution in [2.24, 2.45) is 0 Å². The summed E-state index contributed by atoms with van der Waals surface area (Å²) in [5.74, 6) is -0.258. The summed E-state index contributed by atoms with van der Waals surface area (Å²) in [6.45, 7) is 6.18. The third-order valence-corrected chi connectivity index (χ3v) is 8.89. The third-order valence-electron chi connectivity index (χ3n) is 6.60. The Labute approximate surface area is 258 Å². The van der Waals surface area contributed by atoms with Gasteiger partial charge in [0.1, 0.15) is 18.3 Å². The van der Waals surface area contributed by atoms with E-state index in [2.05, 4.69) is 5.32 Å². The fourth-order valence-corrected chi connectivity index (χ4v) is 6.02. The summed E-state index contributed by atoms with van der Waals surface area (Å²) < 4.78 is 34.5. The molecule has 0 spiro atoms. The van der Waals surface area contributed by atoms with Crippen LogP contribution < -0.4 is 14.4 Å². The second-order valence-corrected chi connectivity index (χ2v) is 12.3. The molecule has 3 aromatic carbocycles. The van der Waals surface area contributed by atoms with E-state index >= 15 is 0 Å². The molecule has 3 aromatic rings. The molecule has 0 aromatic heterocycles. The van der Waals surface area contributed by atoms with Crippen LogP contribution in [0.4, 0.5) is 5.69 Å². The van der Waals surface area contributed by atoms with Gasteiger partial charge in [0.25, 0.3) is 10.0 Å². The minimum Gasteiger partial charge on any atom is -0.494 e. The quantitative estimate of drug-likeness (QED) is 0.198. The number of carbonyl (C=O) groups excluding carboxylic acids is 2. The van der Waals surface area contributed by atoms with E-state index in [1.54, 1.807) is 48.5 Å². The van der Waals surface area contributed by atoms with Gasteiger partial charge in [0.2, 0.25) is 11.8 Å². The minimum absolute atomic E-state index is 0.0258. The fraction of sp³-hybridized carbons (Fsp3) is 0.355. The van der Waals surface area contributed by atoms with Gasteiger partial charge in [-0.3, -0.25) is 13.9 Å². The van der Waals surface area contributed by atoms with Crippen molar-refractivity contribution in [3.05, 3.63) is 88.4 Å². The van der Waals surface area contributed by atoms with Crippen LogP contribution >= 0.6 is 23.2 Å². The van der Waals surface area contributed by atoms with E-state index < -0.39 is 28.5 Å². The molecule has 1 atom stereocenters. The van der Waals surface area contributed by atoms with Gasteiger partial charge in [0.15, 0.2) is 0 Å². The normalized spacial score (nSPS) is 11.9. The highest BCUT2D eigenvalue weighted by Gasteiger charge is 2.33. The van der Waals surface area contributed by atoms with Gasteiger partial charge in [0.05, 0.1) is 17.2 Å². The molecule has 0 heterocycles. The smallest absolute Gasteiger partial charge is 0.264 e. The Hall–Kier alpha value is -3.27. The SMILES string of the molecule is CCCCNC(=O)[C@@H](CC)N(Cc1ccc(Cl)cc1)C(=O)CN(c1ccc(OCC)cc1)S(=O)(=O)c1ccc(Cl)cc1. The number of anilines is 1. The van der Waals surface area contributed by atoms with Gasteiger partial charge >= 0.3 is 0 Å². The van der Waals surface area contributed by atoms with Crippen LogP contribution in [-0.2, 0) is 26.2 Å². The molecule has 42 heavy (non-hydrogen) atoms. The lowest BCUT2D eigenvalue weighted by atomic mass is 10.1. The van der Waals surface area contributed by atoms with Crippen molar-refractivity contribution in [1.29, 1.82) is 0 Å². The maximum atomic E-state index is 14.1. The molecule has 0 aliphatic carbocycles. The van der Waals surface area contributed by atoms with Crippen LogP contribution in [0.2, 0.25) is 10.0 Å². The first-order valence-corrected chi connectivity index (χ1v) is 16.1. The van der Waals surface area contributed by atoms with Crippen molar-refractivity contribution in [2.75, 3.05) is 24.0 Å². The Bertz CT molecular complexity index is 1420. The summed E-state index contributed by atoms with van der Waals surface area (Å²) >= 11 is 12.1. The molecule has 0 saturated carbocycles. The lowest BCUT2D eigenvalue weighted by molar-refractivity contribution is -0.140. The first kappa shape index (κ1) is 33.2. The Morgan fingerprint density at radius 1 is 0.881 bits per heavy atom. The number of amides is 2. The number of hydrogen-bond donors (Lipinski definition) is 1. The molecule has 0 aliphatic rings. The van der Waals surface area contributed by atoms with Gasteiger partial charge in [-0.25, -0.2) is 8.42 Å². The minimum atomic E-state index is -4.20. The lowest BCUT2D eigenvalue weighted by Gasteiger charge is -2.33. The average Bonchev–Trinajstić information content (AvgIpc) is 2.97. The van der Waals surface area contributed by atoms with Crippen molar-refractivity contribution in [2.45, 2.75) is 57.5 Å². The molecule has 0 saturated heterocycles. The number of unbranched alkanes of at least 4 members (excludes halogenated alkanes) is 1. The van der Waals surface area contributed by atoms with E-state index in [1.165, 1.54) is 29.2 Å². The molecule has 0 bridgehead atoms. The van der Waals surface area contributed by atoms with Crippen LogP contribution in [0.1, 0.15) is 45.6 Å². The molecule has 2 amide bonds. The molecule has 226 valence electrons. The number of nitrogens with one attached hydrogen (secondary N) is 1. The first-order chi connectivity index (χ1) is 20.1. The topological polar surface area (TPSA) is 96.0 Å². The zero-order chi connectivity index (χ0) is 30.7. The Kier molecular flexibility index (Phi) is 12.5. The predicted octanol–water partition coefficient (Wildman–Crippen LogP) is 6.31. The Morgan fingerprint density at radius 2 is 1.48 bits per heavy atom. The maximum Gasteiger partial charge on any atom is 0.264 e. The molecule has 0 unspecified atom stereocenters. The summed E-state index contributed by atoms with van der Waals surface area (Å²) in [5.41, 5.74) is 1.02. The van der Waals surface area contributed by atoms with E-state index in [1.807, 2.05) is 20.8 Å². The molecule has 0 fully saturated rings. The number of benzene rings is 3. The average molecular weight is 635 g/mol. The number of ether oxygens (including phenoxy) is 1. The fourth-order valence-electron chi connectivity index (χ4n) is 4.35. The number of halogens is 2. The highest BCUT2D eigenvalue weighted by molar-refractivity contribution is 7.92. The number of nitrogens with zero attached hydrogens (tertiary/aromatic N) is 2. The molecular weight excluding hydrogens is 597 g/mol. The molecule has 11 heteroatoms. The van der Waals surface area contributed by atoms with Crippen LogP contribution in [0.15, 0.2) is 77.7 Å². The van der Waals surface area contributed by atoms with E-state index in [0.29, 0.717) is 35.4 Å². The van der Waals surface area contributed by atoms with Gasteiger partial charge in [-0.05, 0) is 86.0 Å². The lowest BCUT2D eigenvalue weighted by Crippen LogP contribution is -2.52. The number of sulfonamides is 1. The van der Waals surface area contributed by atoms with E-state index in [0.717, 1.165) is 22.7 Å². The van der Waals surface area contributed by atoms with Crippen LogP contribution in [0, 0.1) is 0 Å². The first-order valence-electron chi connectivity index (χ1n) is 13.9. The molecule has 3 rings (SSSR count). The van der Waals surface area contributed by atoms with E-state index in [4.69, 9.17) is 27.9 Å². The van der Waals surface area contributed by atoms with Crippen LogP contribution in [0.5, 0.6) is 5.75 Å². The van der Waals surface area contributed by atoms with Gasteiger partial charge in [-0.1, -0.05) is 55.6 Å². The second-order valence-electron chi connectivity index (χ2n) is 9.61. The molecule has 0 aliphatic heterocycles. The maximum absolute atomic E-state index is 14.1. The molecule has 8 nitrogen and oxygen atoms in total. The highest BCUT2D eigenvalue weighted by Crippen LogP contribution is 2.27. The molecule has 0 radical (unpaired) electrons. The monoisotopic (exact) mass is 633 g/mol. The second kappa shape index (κ2) is 15.8. The van der Waals surface area contributed by atoms with Gasteiger partial charge in [0, 0.05) is 23.1 Å². The summed E-state index contributed by atoms with van der Waals surface area (Å²) in [6.07, 6.45) is 2.05. The van der Waals surface area contributed by atoms with Gasteiger partial charge in [-0.15, -0.1) is 0 Å². The van der Waals surface area contributed by atoms with E-state index in [9.17, 15) is 18.0 Å². The number of rotatable bonds is 15. The van der Waals surface area contributed by atoms with Crippen LogP contribution in [0.25, 0.3) is 0 Å². The number of carbonyl (C=O) groups is 2. The standard InChI is InChI=1S/C31H37Cl2N3O5S/c1-4-7-20-34-31(38)29(5-2)35(21-23-8-10-24(32)11-9-23)30(37)22-36(26-14-16-27(17-15-26)41-6-3)42(39,40)28-18-12-25(33)13-19-28/h8-19,29H,4-7,20-22H2,1-3H3,(H,34,38)/t29-/m1/s1. The van der Waals surface area contributed by atoms with Crippen molar-refractivity contribution in [3.8, 4) is 5.75 Å². The Balaban J connectivity index is 2.03. The van der Waals surface area contributed by atoms with Crippen LogP contribution in [-0.4, -0.2) is 50.9 Å². The summed E-state index contributed by atoms with van der Waals surface area (Å²) in [7, 11) is -4.20. The zero-order valence-corrected chi connectivity index (χ0v) is 26.4. The van der Waals surface area contributed by atoms with Gasteiger partial charge in [-0.2, -0.15) is 0 Å². The predicted molar refractivity (Wildman–Crippen MR) is 168 cm³/mol. The molecular formula is C31H37Cl2N3O5S. The largest absolute Gasteiger partial charge is 0.494 e. The van der Waals surface area contributed by atoms with Crippen molar-refractivity contribution in [1.82, 2.24) is 10.2 Å². The highest BCUT2D eigenvalue weighted by atomic mass is 35.5.